The van der Waals surface area contributed by atoms with Gasteiger partial charge in [0.2, 0.25) is 0 Å². The molecule has 1 atom stereocenters. The maximum atomic E-state index is 12.1. The Labute approximate surface area is 152 Å². The molecule has 1 aromatic heterocycles. The van der Waals surface area contributed by atoms with E-state index in [-0.39, 0.29) is 12.4 Å². The zero-order chi connectivity index (χ0) is 19.2. The summed E-state index contributed by atoms with van der Waals surface area (Å²) in [7, 11) is 0. The van der Waals surface area contributed by atoms with Gasteiger partial charge >= 0.3 is 12.1 Å². The van der Waals surface area contributed by atoms with Gasteiger partial charge in [-0.3, -0.25) is 4.98 Å². The molecule has 2 rings (SSSR count). The quantitative estimate of drug-likeness (QED) is 0.658. The summed E-state index contributed by atoms with van der Waals surface area (Å²) in [6.45, 7) is -0.127. The number of hydrogen-bond acceptors (Lipinski definition) is 5. The molecule has 0 saturated carbocycles. The van der Waals surface area contributed by atoms with E-state index >= 15 is 0 Å². The number of nitrogens with zero attached hydrogens (tertiary/aromatic N) is 1. The highest BCUT2D eigenvalue weighted by Crippen LogP contribution is 2.21. The van der Waals surface area contributed by atoms with Crippen molar-refractivity contribution in [1.29, 1.82) is 0 Å². The van der Waals surface area contributed by atoms with Crippen molar-refractivity contribution in [2.75, 3.05) is 13.2 Å². The second-order valence-corrected chi connectivity index (χ2v) is 5.63. The number of rotatable bonds is 7. The van der Waals surface area contributed by atoms with Crippen LogP contribution >= 0.6 is 11.6 Å². The number of esters is 1. The third-order valence-corrected chi connectivity index (χ3v) is 3.31. The van der Waals surface area contributed by atoms with E-state index in [0.29, 0.717) is 16.5 Å². The number of alkyl halides is 3. The first-order valence-electron chi connectivity index (χ1n) is 7.46. The average Bonchev–Trinajstić information content (AvgIpc) is 2.59. The van der Waals surface area contributed by atoms with Gasteiger partial charge in [-0.25, -0.2) is 4.79 Å². The van der Waals surface area contributed by atoms with Gasteiger partial charge in [0.15, 0.2) is 13.2 Å². The van der Waals surface area contributed by atoms with Crippen LogP contribution in [0, 0.1) is 0 Å². The van der Waals surface area contributed by atoms with Gasteiger partial charge in [0.1, 0.15) is 17.6 Å². The minimum Gasteiger partial charge on any atom is -0.483 e. The molecule has 140 valence electrons. The summed E-state index contributed by atoms with van der Waals surface area (Å²) in [5.74, 6) is -0.189. The van der Waals surface area contributed by atoms with Crippen molar-refractivity contribution in [2.24, 2.45) is 0 Å². The summed E-state index contributed by atoms with van der Waals surface area (Å²) in [6.07, 6.45) is -3.99. The summed E-state index contributed by atoms with van der Waals surface area (Å²) in [6, 6.07) is 9.21. The predicted molar refractivity (Wildman–Crippen MR) is 87.2 cm³/mol. The first-order chi connectivity index (χ1) is 12.2. The lowest BCUT2D eigenvalue weighted by atomic mass is 10.2. The Bertz CT molecular complexity index is 720. The lowest BCUT2D eigenvalue weighted by Crippen LogP contribution is -2.19. The molecule has 0 saturated heterocycles. The Morgan fingerprint density at radius 2 is 1.77 bits per heavy atom. The van der Waals surface area contributed by atoms with Crippen LogP contribution in [0.5, 0.6) is 11.5 Å². The predicted octanol–water partition coefficient (Wildman–Crippen LogP) is 4.36. The van der Waals surface area contributed by atoms with Crippen LogP contribution in [-0.2, 0) is 9.53 Å². The van der Waals surface area contributed by atoms with Gasteiger partial charge in [-0.2, -0.15) is 13.2 Å². The van der Waals surface area contributed by atoms with Gasteiger partial charge in [0.05, 0.1) is 11.9 Å². The Kier molecular flexibility index (Phi) is 6.68. The highest BCUT2D eigenvalue weighted by atomic mass is 35.5. The molecule has 0 fully saturated rings. The van der Waals surface area contributed by atoms with Crippen molar-refractivity contribution < 1.29 is 32.2 Å². The molecule has 1 aromatic carbocycles. The molecule has 26 heavy (non-hydrogen) atoms. The third-order valence-electron chi connectivity index (χ3n) is 3.06. The molecule has 0 N–H and O–H groups in total. The van der Waals surface area contributed by atoms with Gasteiger partial charge in [0.25, 0.3) is 0 Å². The van der Waals surface area contributed by atoms with Crippen LogP contribution in [0.15, 0.2) is 42.6 Å². The molecule has 1 unspecified atom stereocenters. The zero-order valence-electron chi connectivity index (χ0n) is 13.6. The summed E-state index contributed by atoms with van der Waals surface area (Å²) in [5.41, 5.74) is 0.365. The molecule has 0 aliphatic heterocycles. The van der Waals surface area contributed by atoms with Crippen LogP contribution in [0.4, 0.5) is 13.2 Å². The standard InChI is InChI=1S/C17H15ClF3NO4/c1-11(15-7-6-14(8-22-15)25-10-17(19,20)21)26-16(23)9-24-13-4-2-12(18)3-5-13/h2-8,11H,9-10H2,1H3. The van der Waals surface area contributed by atoms with Crippen LogP contribution < -0.4 is 9.47 Å². The summed E-state index contributed by atoms with van der Waals surface area (Å²) in [5, 5.41) is 0.544. The van der Waals surface area contributed by atoms with E-state index in [2.05, 4.69) is 9.72 Å². The highest BCUT2D eigenvalue weighted by Gasteiger charge is 2.28. The van der Waals surface area contributed by atoms with Crippen LogP contribution in [0.3, 0.4) is 0 Å². The molecule has 0 amide bonds. The van der Waals surface area contributed by atoms with Crippen LogP contribution in [0.25, 0.3) is 0 Å². The largest absolute Gasteiger partial charge is 0.483 e. The van der Waals surface area contributed by atoms with Crippen molar-refractivity contribution in [3.05, 3.63) is 53.3 Å². The highest BCUT2D eigenvalue weighted by molar-refractivity contribution is 6.30. The minimum atomic E-state index is -4.43. The Morgan fingerprint density at radius 3 is 2.35 bits per heavy atom. The van der Waals surface area contributed by atoms with Gasteiger partial charge in [-0.05, 0) is 43.3 Å². The lowest BCUT2D eigenvalue weighted by molar-refractivity contribution is -0.153. The van der Waals surface area contributed by atoms with Crippen LogP contribution in [-0.4, -0.2) is 30.3 Å². The third kappa shape index (κ3) is 6.79. The first kappa shape index (κ1) is 19.8. The molecule has 0 bridgehead atoms. The van der Waals surface area contributed by atoms with E-state index in [4.69, 9.17) is 21.1 Å². The van der Waals surface area contributed by atoms with Crippen molar-refractivity contribution in [1.82, 2.24) is 4.98 Å². The number of pyridine rings is 1. The molecular formula is C17H15ClF3NO4. The first-order valence-corrected chi connectivity index (χ1v) is 7.84. The van der Waals surface area contributed by atoms with E-state index in [9.17, 15) is 18.0 Å². The van der Waals surface area contributed by atoms with E-state index in [1.807, 2.05) is 0 Å². The molecular weight excluding hydrogens is 375 g/mol. The normalized spacial score (nSPS) is 12.3. The van der Waals surface area contributed by atoms with Crippen molar-refractivity contribution in [2.45, 2.75) is 19.2 Å². The SMILES string of the molecule is CC(OC(=O)COc1ccc(Cl)cc1)c1ccc(OCC(F)(F)F)cn1. The minimum absolute atomic E-state index is 0.0318. The monoisotopic (exact) mass is 389 g/mol. The molecule has 1 heterocycles. The molecule has 0 aliphatic carbocycles. The second-order valence-electron chi connectivity index (χ2n) is 5.20. The maximum Gasteiger partial charge on any atom is 0.422 e. The van der Waals surface area contributed by atoms with E-state index in [1.54, 1.807) is 31.2 Å². The molecule has 0 spiro atoms. The Morgan fingerprint density at radius 1 is 1.12 bits per heavy atom. The van der Waals surface area contributed by atoms with Crippen LogP contribution in [0.1, 0.15) is 18.7 Å². The fraction of sp³-hybridized carbons (Fsp3) is 0.294. The van der Waals surface area contributed by atoms with Crippen molar-refractivity contribution >= 4 is 17.6 Å². The average molecular weight is 390 g/mol. The fourth-order valence-electron chi connectivity index (χ4n) is 1.85. The fourth-order valence-corrected chi connectivity index (χ4v) is 1.97. The number of hydrogen-bond donors (Lipinski definition) is 0. The Hall–Kier alpha value is -2.48. The number of carbonyl (C=O) groups excluding carboxylic acids is 1. The van der Waals surface area contributed by atoms with E-state index < -0.39 is 24.9 Å². The van der Waals surface area contributed by atoms with Crippen LogP contribution in [0.2, 0.25) is 5.02 Å². The van der Waals surface area contributed by atoms with E-state index in [1.165, 1.54) is 12.1 Å². The number of ether oxygens (including phenoxy) is 3. The Balaban J connectivity index is 1.81. The van der Waals surface area contributed by atoms with Crippen molar-refractivity contribution in [3.63, 3.8) is 0 Å². The summed E-state index contributed by atoms with van der Waals surface area (Å²) >= 11 is 5.75. The van der Waals surface area contributed by atoms with Gasteiger partial charge in [-0.15, -0.1) is 0 Å². The summed E-state index contributed by atoms with van der Waals surface area (Å²) in [4.78, 5) is 15.7. The van der Waals surface area contributed by atoms with Crippen molar-refractivity contribution in [3.8, 4) is 11.5 Å². The number of halogens is 4. The molecule has 2 aromatic rings. The lowest BCUT2D eigenvalue weighted by Gasteiger charge is -2.14. The number of carbonyl (C=O) groups is 1. The number of benzene rings is 1. The zero-order valence-corrected chi connectivity index (χ0v) is 14.4. The maximum absolute atomic E-state index is 12.1. The molecule has 5 nitrogen and oxygen atoms in total. The molecule has 9 heteroatoms. The second kappa shape index (κ2) is 8.75. The summed E-state index contributed by atoms with van der Waals surface area (Å²) < 4.78 is 51.2. The smallest absolute Gasteiger partial charge is 0.422 e. The number of aromatic nitrogens is 1. The van der Waals surface area contributed by atoms with Gasteiger partial charge < -0.3 is 14.2 Å². The van der Waals surface area contributed by atoms with Gasteiger partial charge in [-0.1, -0.05) is 11.6 Å². The molecule has 0 radical (unpaired) electrons. The molecule has 0 aliphatic rings. The van der Waals surface area contributed by atoms with E-state index in [0.717, 1.165) is 6.20 Å². The van der Waals surface area contributed by atoms with Gasteiger partial charge in [0, 0.05) is 5.02 Å². The topological polar surface area (TPSA) is 57.7 Å².